The van der Waals surface area contributed by atoms with E-state index < -0.39 is 0 Å². The maximum Gasteiger partial charge on any atom is 0.231 e. The molecule has 34 heavy (non-hydrogen) atoms. The van der Waals surface area contributed by atoms with Crippen molar-refractivity contribution in [2.45, 2.75) is 38.3 Å². The summed E-state index contributed by atoms with van der Waals surface area (Å²) >= 11 is 0. The van der Waals surface area contributed by atoms with Crippen LogP contribution in [-0.2, 0) is 22.5 Å². The largest absolute Gasteiger partial charge is 0.480 e. The van der Waals surface area contributed by atoms with Crippen LogP contribution in [0.5, 0.6) is 5.88 Å². The number of hydrogen-bond acceptors (Lipinski definition) is 9. The number of pyridine rings is 1. The van der Waals surface area contributed by atoms with E-state index in [1.165, 1.54) is 7.11 Å². The lowest BCUT2D eigenvalue weighted by atomic mass is 9.99. The van der Waals surface area contributed by atoms with Crippen LogP contribution in [0.1, 0.15) is 36.1 Å². The third-order valence-electron chi connectivity index (χ3n) is 6.93. The molecule has 178 valence electrons. The van der Waals surface area contributed by atoms with Gasteiger partial charge in [-0.2, -0.15) is 5.26 Å². The topological polar surface area (TPSA) is 116 Å². The first kappa shape index (κ1) is 22.3. The Bertz CT molecular complexity index is 1100. The van der Waals surface area contributed by atoms with Gasteiger partial charge in [-0.15, -0.1) is 0 Å². The maximum atomic E-state index is 12.9. The van der Waals surface area contributed by atoms with Crippen LogP contribution in [0, 0.1) is 17.2 Å². The number of carbonyl (C=O) groups is 1. The van der Waals surface area contributed by atoms with E-state index in [0.717, 1.165) is 61.5 Å². The van der Waals surface area contributed by atoms with Gasteiger partial charge in [-0.05, 0) is 25.3 Å². The summed E-state index contributed by atoms with van der Waals surface area (Å²) in [6.07, 6.45) is 6.65. The molecule has 0 aromatic carbocycles. The van der Waals surface area contributed by atoms with Crippen LogP contribution < -0.4 is 15.0 Å². The number of likely N-dealkylation sites (tertiary alicyclic amines) is 1. The number of nitriles is 1. The summed E-state index contributed by atoms with van der Waals surface area (Å²) in [6, 6.07) is 4.12. The Morgan fingerprint density at radius 3 is 2.88 bits per heavy atom. The molecule has 0 spiro atoms. The summed E-state index contributed by atoms with van der Waals surface area (Å²) in [6.45, 7) is 4.20. The number of nitrogens with zero attached hydrogens (tertiary/aromatic N) is 6. The fraction of sp³-hybridized carbons (Fsp3) is 0.542. The third kappa shape index (κ3) is 4.48. The van der Waals surface area contributed by atoms with Crippen molar-refractivity contribution in [2.75, 3.05) is 50.2 Å². The van der Waals surface area contributed by atoms with Gasteiger partial charge >= 0.3 is 0 Å². The lowest BCUT2D eigenvalue weighted by Crippen LogP contribution is -2.38. The molecule has 2 fully saturated rings. The van der Waals surface area contributed by atoms with Crippen LogP contribution in [0.15, 0.2) is 18.6 Å². The standard InChI is InChI=1S/C24H29N7O3/c1-33-23-17(11-25)10-19(12-26-23)30-7-3-21-20(14-30)22(28-15-27-21)29-18-2-6-31(13-18)24(32)16-4-8-34-9-5-16/h10,12,15-16,18H,2-9,13-14H2,1H3,(H,27,28,29). The zero-order chi connectivity index (χ0) is 23.5. The lowest BCUT2D eigenvalue weighted by molar-refractivity contribution is -0.137. The van der Waals surface area contributed by atoms with Gasteiger partial charge in [0.1, 0.15) is 23.8 Å². The Hall–Kier alpha value is -3.45. The highest BCUT2D eigenvalue weighted by molar-refractivity contribution is 5.79. The first-order chi connectivity index (χ1) is 16.7. The van der Waals surface area contributed by atoms with Crippen molar-refractivity contribution in [3.05, 3.63) is 35.4 Å². The van der Waals surface area contributed by atoms with Crippen molar-refractivity contribution in [3.63, 3.8) is 0 Å². The van der Waals surface area contributed by atoms with E-state index in [-0.39, 0.29) is 17.9 Å². The number of aromatic nitrogens is 3. The zero-order valence-corrected chi connectivity index (χ0v) is 19.4. The molecule has 0 radical (unpaired) electrons. The first-order valence-electron chi connectivity index (χ1n) is 11.8. The predicted octanol–water partition coefficient (Wildman–Crippen LogP) is 1.75. The van der Waals surface area contributed by atoms with Crippen molar-refractivity contribution in [1.82, 2.24) is 19.9 Å². The van der Waals surface area contributed by atoms with Gasteiger partial charge in [0.05, 0.1) is 24.7 Å². The molecule has 0 saturated carbocycles. The van der Waals surface area contributed by atoms with Crippen LogP contribution in [0.3, 0.4) is 0 Å². The van der Waals surface area contributed by atoms with E-state index in [1.54, 1.807) is 12.5 Å². The summed E-state index contributed by atoms with van der Waals surface area (Å²) in [7, 11) is 1.51. The molecule has 1 atom stereocenters. The van der Waals surface area contributed by atoms with Gasteiger partial charge < -0.3 is 24.6 Å². The van der Waals surface area contributed by atoms with Gasteiger partial charge in [0.25, 0.3) is 0 Å². The number of rotatable bonds is 5. The van der Waals surface area contributed by atoms with Crippen LogP contribution in [0.4, 0.5) is 11.5 Å². The number of nitrogens with one attached hydrogen (secondary N) is 1. The molecule has 2 aromatic rings. The fourth-order valence-corrected chi connectivity index (χ4v) is 5.02. The quantitative estimate of drug-likeness (QED) is 0.708. The third-order valence-corrected chi connectivity index (χ3v) is 6.93. The van der Waals surface area contributed by atoms with Crippen LogP contribution in [0.2, 0.25) is 0 Å². The Morgan fingerprint density at radius 1 is 1.24 bits per heavy atom. The molecule has 0 aliphatic carbocycles. The number of carbonyl (C=O) groups excluding carboxylic acids is 1. The minimum absolute atomic E-state index is 0.0873. The second-order valence-corrected chi connectivity index (χ2v) is 8.98. The number of methoxy groups -OCH3 is 1. The van der Waals surface area contributed by atoms with Gasteiger partial charge in [-0.25, -0.2) is 15.0 Å². The van der Waals surface area contributed by atoms with Crippen molar-refractivity contribution < 1.29 is 14.3 Å². The summed E-state index contributed by atoms with van der Waals surface area (Å²) < 4.78 is 10.6. The van der Waals surface area contributed by atoms with E-state index in [9.17, 15) is 10.1 Å². The highest BCUT2D eigenvalue weighted by Crippen LogP contribution is 2.30. The van der Waals surface area contributed by atoms with Gasteiger partial charge in [0, 0.05) is 63.3 Å². The Labute approximate surface area is 198 Å². The molecule has 1 N–H and O–H groups in total. The fourth-order valence-electron chi connectivity index (χ4n) is 5.02. The van der Waals surface area contributed by atoms with Crippen LogP contribution in [-0.4, -0.2) is 71.8 Å². The summed E-state index contributed by atoms with van der Waals surface area (Å²) in [5.41, 5.74) is 3.36. The second kappa shape index (κ2) is 9.81. The van der Waals surface area contributed by atoms with Gasteiger partial charge in [-0.3, -0.25) is 4.79 Å². The molecule has 10 nitrogen and oxygen atoms in total. The van der Waals surface area contributed by atoms with E-state index in [0.29, 0.717) is 37.7 Å². The van der Waals surface area contributed by atoms with Gasteiger partial charge in [-0.1, -0.05) is 0 Å². The highest BCUT2D eigenvalue weighted by atomic mass is 16.5. The zero-order valence-electron chi connectivity index (χ0n) is 19.4. The molecule has 5 rings (SSSR count). The number of fused-ring (bicyclic) bond motifs is 1. The molecule has 5 heterocycles. The van der Waals surface area contributed by atoms with Crippen molar-refractivity contribution in [3.8, 4) is 11.9 Å². The molecule has 0 bridgehead atoms. The Morgan fingerprint density at radius 2 is 2.09 bits per heavy atom. The average Bonchev–Trinajstić information content (AvgIpc) is 3.36. The number of amides is 1. The first-order valence-corrected chi connectivity index (χ1v) is 11.8. The minimum atomic E-state index is 0.0873. The molecule has 2 aromatic heterocycles. The molecule has 10 heteroatoms. The second-order valence-electron chi connectivity index (χ2n) is 8.98. The monoisotopic (exact) mass is 463 g/mol. The minimum Gasteiger partial charge on any atom is -0.480 e. The smallest absolute Gasteiger partial charge is 0.231 e. The SMILES string of the molecule is COc1ncc(N2CCc3ncnc(NC4CCN(C(=O)C5CCOCC5)C4)c3C2)cc1C#N. The van der Waals surface area contributed by atoms with Gasteiger partial charge in [0.2, 0.25) is 11.8 Å². The molecule has 3 aliphatic heterocycles. The molecule has 1 unspecified atom stereocenters. The maximum absolute atomic E-state index is 12.9. The number of anilines is 2. The van der Waals surface area contributed by atoms with Crippen LogP contribution >= 0.6 is 0 Å². The number of hydrogen-bond donors (Lipinski definition) is 1. The number of ether oxygens (including phenoxy) is 2. The highest BCUT2D eigenvalue weighted by Gasteiger charge is 2.32. The van der Waals surface area contributed by atoms with E-state index in [1.807, 2.05) is 11.0 Å². The Kier molecular flexibility index (Phi) is 6.45. The molecular weight excluding hydrogens is 434 g/mol. The van der Waals surface area contributed by atoms with E-state index in [2.05, 4.69) is 31.2 Å². The van der Waals surface area contributed by atoms with Crippen molar-refractivity contribution in [1.29, 1.82) is 5.26 Å². The predicted molar refractivity (Wildman–Crippen MR) is 124 cm³/mol. The summed E-state index contributed by atoms with van der Waals surface area (Å²) in [5, 5.41) is 13.0. The van der Waals surface area contributed by atoms with E-state index in [4.69, 9.17) is 9.47 Å². The normalized spacial score (nSPS) is 20.5. The van der Waals surface area contributed by atoms with Gasteiger partial charge in [0.15, 0.2) is 0 Å². The van der Waals surface area contributed by atoms with Crippen molar-refractivity contribution in [2.24, 2.45) is 5.92 Å². The summed E-state index contributed by atoms with van der Waals surface area (Å²) in [4.78, 5) is 30.4. The Balaban J connectivity index is 1.28. The van der Waals surface area contributed by atoms with E-state index >= 15 is 0 Å². The molecule has 3 aliphatic rings. The molecule has 2 saturated heterocycles. The molecular formula is C24H29N7O3. The lowest BCUT2D eigenvalue weighted by Gasteiger charge is -2.31. The van der Waals surface area contributed by atoms with Crippen molar-refractivity contribution >= 4 is 17.4 Å². The van der Waals surface area contributed by atoms with Crippen LogP contribution in [0.25, 0.3) is 0 Å². The molecule has 1 amide bonds. The average molecular weight is 464 g/mol. The summed E-state index contributed by atoms with van der Waals surface area (Å²) in [5.74, 6) is 1.49.